The van der Waals surface area contributed by atoms with E-state index >= 15 is 0 Å². The first-order chi connectivity index (χ1) is 11.5. The van der Waals surface area contributed by atoms with Crippen molar-refractivity contribution >= 4 is 11.6 Å². The molecular formula is C19H22N2O3. The van der Waals surface area contributed by atoms with Crippen molar-refractivity contribution in [3.63, 3.8) is 0 Å². The van der Waals surface area contributed by atoms with Gasteiger partial charge in [0.05, 0.1) is 0 Å². The van der Waals surface area contributed by atoms with E-state index in [0.717, 1.165) is 11.3 Å². The standard InChI is InChI=1S/C19H22N2O3/c1-13-18(24-17-7-5-4-6-16(17)23-13)19(22)20-12-14-8-10-15(11-9-14)21(2)3/h4-11,13,18H,12H2,1-3H3,(H,20,22)/t13-,18+/m0/s1. The van der Waals surface area contributed by atoms with Gasteiger partial charge in [-0.05, 0) is 36.8 Å². The number of amides is 1. The Labute approximate surface area is 142 Å². The molecule has 3 rings (SSSR count). The van der Waals surface area contributed by atoms with E-state index in [-0.39, 0.29) is 12.0 Å². The quantitative estimate of drug-likeness (QED) is 0.938. The highest BCUT2D eigenvalue weighted by Gasteiger charge is 2.33. The third-order valence-electron chi connectivity index (χ3n) is 4.02. The van der Waals surface area contributed by atoms with Crippen LogP contribution in [0.1, 0.15) is 12.5 Å². The van der Waals surface area contributed by atoms with Gasteiger partial charge in [0.15, 0.2) is 11.5 Å². The lowest BCUT2D eigenvalue weighted by Crippen LogP contribution is -2.48. The Morgan fingerprint density at radius 2 is 1.67 bits per heavy atom. The van der Waals surface area contributed by atoms with Crippen molar-refractivity contribution in [2.45, 2.75) is 25.7 Å². The first-order valence-corrected chi connectivity index (χ1v) is 8.01. The van der Waals surface area contributed by atoms with Crippen molar-refractivity contribution in [2.24, 2.45) is 0 Å². The molecule has 5 nitrogen and oxygen atoms in total. The lowest BCUT2D eigenvalue weighted by molar-refractivity contribution is -0.133. The molecule has 0 aromatic heterocycles. The highest BCUT2D eigenvalue weighted by molar-refractivity contribution is 5.82. The molecule has 0 spiro atoms. The Morgan fingerprint density at radius 1 is 1.04 bits per heavy atom. The number of hydrogen-bond donors (Lipinski definition) is 1. The minimum atomic E-state index is -0.652. The van der Waals surface area contributed by atoms with Crippen LogP contribution in [-0.4, -0.2) is 32.2 Å². The van der Waals surface area contributed by atoms with Gasteiger partial charge in [-0.25, -0.2) is 0 Å². The summed E-state index contributed by atoms with van der Waals surface area (Å²) < 4.78 is 11.6. The largest absolute Gasteiger partial charge is 0.482 e. The summed E-state index contributed by atoms with van der Waals surface area (Å²) in [5, 5.41) is 2.92. The summed E-state index contributed by atoms with van der Waals surface area (Å²) in [7, 11) is 3.99. The fourth-order valence-electron chi connectivity index (χ4n) is 2.61. The van der Waals surface area contributed by atoms with Gasteiger partial charge in [0.25, 0.3) is 5.91 Å². The van der Waals surface area contributed by atoms with Gasteiger partial charge in [0.1, 0.15) is 6.10 Å². The Morgan fingerprint density at radius 3 is 2.29 bits per heavy atom. The molecule has 126 valence electrons. The molecule has 24 heavy (non-hydrogen) atoms. The highest BCUT2D eigenvalue weighted by atomic mass is 16.6. The molecule has 0 saturated heterocycles. The third-order valence-corrected chi connectivity index (χ3v) is 4.02. The SMILES string of the molecule is C[C@@H]1Oc2ccccc2O[C@H]1C(=O)NCc1ccc(N(C)C)cc1. The molecule has 2 aromatic rings. The zero-order valence-electron chi connectivity index (χ0n) is 14.2. The second kappa shape index (κ2) is 6.83. The number of nitrogens with one attached hydrogen (secondary N) is 1. The fraction of sp³-hybridized carbons (Fsp3) is 0.316. The van der Waals surface area contributed by atoms with Crippen LogP contribution in [-0.2, 0) is 11.3 Å². The first kappa shape index (κ1) is 16.2. The zero-order chi connectivity index (χ0) is 17.1. The Balaban J connectivity index is 1.61. The van der Waals surface area contributed by atoms with Crippen molar-refractivity contribution < 1.29 is 14.3 Å². The number of para-hydroxylation sites is 2. The van der Waals surface area contributed by atoms with Crippen molar-refractivity contribution in [1.82, 2.24) is 5.32 Å². The highest BCUT2D eigenvalue weighted by Crippen LogP contribution is 2.33. The second-order valence-corrected chi connectivity index (χ2v) is 6.09. The van der Waals surface area contributed by atoms with Gasteiger partial charge >= 0.3 is 0 Å². The Bertz CT molecular complexity index is 713. The van der Waals surface area contributed by atoms with Crippen LogP contribution in [0.5, 0.6) is 11.5 Å². The lowest BCUT2D eigenvalue weighted by atomic mass is 10.1. The van der Waals surface area contributed by atoms with Crippen LogP contribution < -0.4 is 19.7 Å². The van der Waals surface area contributed by atoms with Gasteiger partial charge in [-0.1, -0.05) is 24.3 Å². The van der Waals surface area contributed by atoms with Crippen LogP contribution in [0.2, 0.25) is 0 Å². The zero-order valence-corrected chi connectivity index (χ0v) is 14.2. The minimum absolute atomic E-state index is 0.173. The average molecular weight is 326 g/mol. The van der Waals surface area contributed by atoms with E-state index < -0.39 is 6.10 Å². The van der Waals surface area contributed by atoms with E-state index in [4.69, 9.17) is 9.47 Å². The van der Waals surface area contributed by atoms with Gasteiger partial charge in [0.2, 0.25) is 6.10 Å². The number of nitrogens with zero attached hydrogens (tertiary/aromatic N) is 1. The molecule has 1 heterocycles. The fourth-order valence-corrected chi connectivity index (χ4v) is 2.61. The predicted octanol–water partition coefficient (Wildman–Crippen LogP) is 2.60. The van der Waals surface area contributed by atoms with Crippen LogP contribution in [0.4, 0.5) is 5.69 Å². The molecule has 1 aliphatic rings. The van der Waals surface area contributed by atoms with Crippen molar-refractivity contribution in [1.29, 1.82) is 0 Å². The summed E-state index contributed by atoms with van der Waals surface area (Å²) in [4.78, 5) is 14.5. The van der Waals surface area contributed by atoms with E-state index in [1.165, 1.54) is 0 Å². The summed E-state index contributed by atoms with van der Waals surface area (Å²) in [6, 6.07) is 15.5. The number of benzene rings is 2. The summed E-state index contributed by atoms with van der Waals surface area (Å²) in [5.41, 5.74) is 2.16. The number of ether oxygens (including phenoxy) is 2. The molecule has 0 fully saturated rings. The summed E-state index contributed by atoms with van der Waals surface area (Å²) in [6.45, 7) is 2.30. The maximum absolute atomic E-state index is 12.4. The number of carbonyl (C=O) groups excluding carboxylic acids is 1. The van der Waals surface area contributed by atoms with Gasteiger partial charge in [-0.3, -0.25) is 4.79 Å². The number of anilines is 1. The van der Waals surface area contributed by atoms with E-state index in [9.17, 15) is 4.79 Å². The van der Waals surface area contributed by atoms with E-state index in [1.54, 1.807) is 0 Å². The predicted molar refractivity (Wildman–Crippen MR) is 93.6 cm³/mol. The first-order valence-electron chi connectivity index (χ1n) is 8.01. The molecule has 1 N–H and O–H groups in total. The van der Waals surface area contributed by atoms with Gasteiger partial charge < -0.3 is 19.7 Å². The molecule has 1 amide bonds. The van der Waals surface area contributed by atoms with Gasteiger partial charge in [0, 0.05) is 26.3 Å². The summed E-state index contributed by atoms with van der Waals surface area (Å²) in [6.07, 6.45) is -0.989. The molecule has 0 saturated carbocycles. The number of rotatable bonds is 4. The monoisotopic (exact) mass is 326 g/mol. The minimum Gasteiger partial charge on any atom is -0.482 e. The maximum Gasteiger partial charge on any atom is 0.265 e. The smallest absolute Gasteiger partial charge is 0.265 e. The van der Waals surface area contributed by atoms with Crippen LogP contribution in [0, 0.1) is 0 Å². The second-order valence-electron chi connectivity index (χ2n) is 6.09. The molecule has 5 heteroatoms. The number of carbonyl (C=O) groups is 1. The number of hydrogen-bond acceptors (Lipinski definition) is 4. The molecule has 0 radical (unpaired) electrons. The summed E-state index contributed by atoms with van der Waals surface area (Å²) >= 11 is 0. The van der Waals surface area contributed by atoms with Crippen LogP contribution in [0.25, 0.3) is 0 Å². The summed E-state index contributed by atoms with van der Waals surface area (Å²) in [5.74, 6) is 1.10. The molecule has 0 aliphatic carbocycles. The van der Waals surface area contributed by atoms with E-state index in [2.05, 4.69) is 5.32 Å². The van der Waals surface area contributed by atoms with Crippen molar-refractivity contribution in [3.8, 4) is 11.5 Å². The van der Waals surface area contributed by atoms with Crippen LogP contribution in [0.15, 0.2) is 48.5 Å². The van der Waals surface area contributed by atoms with Crippen LogP contribution >= 0.6 is 0 Å². The maximum atomic E-state index is 12.4. The van der Waals surface area contributed by atoms with Crippen molar-refractivity contribution in [3.05, 3.63) is 54.1 Å². The average Bonchev–Trinajstić information content (AvgIpc) is 2.59. The van der Waals surface area contributed by atoms with E-state index in [0.29, 0.717) is 18.0 Å². The lowest BCUT2D eigenvalue weighted by Gasteiger charge is -2.31. The third kappa shape index (κ3) is 3.45. The molecule has 2 aromatic carbocycles. The Kier molecular flexibility index (Phi) is 4.60. The van der Waals surface area contributed by atoms with Gasteiger partial charge in [-0.15, -0.1) is 0 Å². The Hall–Kier alpha value is -2.69. The topological polar surface area (TPSA) is 50.8 Å². The molecule has 1 aliphatic heterocycles. The van der Waals surface area contributed by atoms with Crippen molar-refractivity contribution in [2.75, 3.05) is 19.0 Å². The van der Waals surface area contributed by atoms with E-state index in [1.807, 2.05) is 74.4 Å². The molecule has 0 unspecified atom stereocenters. The molecular weight excluding hydrogens is 304 g/mol. The molecule has 0 bridgehead atoms. The normalized spacial score (nSPS) is 18.8. The van der Waals surface area contributed by atoms with Crippen LogP contribution in [0.3, 0.4) is 0 Å². The number of fused-ring (bicyclic) bond motifs is 1. The van der Waals surface area contributed by atoms with Gasteiger partial charge in [-0.2, -0.15) is 0 Å². The molecule has 2 atom stereocenters.